The predicted octanol–water partition coefficient (Wildman–Crippen LogP) is 2.12. The second-order valence-corrected chi connectivity index (χ2v) is 5.31. The third-order valence-corrected chi connectivity index (χ3v) is 3.96. The summed E-state index contributed by atoms with van der Waals surface area (Å²) in [5, 5.41) is 12.8. The van der Waals surface area contributed by atoms with E-state index in [9.17, 15) is 5.02 Å². The first-order valence-electron chi connectivity index (χ1n) is 6.29. The monoisotopic (exact) mass is 280 g/mol. The first-order valence-corrected chi connectivity index (χ1v) is 7.17. The lowest BCUT2D eigenvalue weighted by atomic mass is 9.69. The van der Waals surface area contributed by atoms with Gasteiger partial charge >= 0.3 is 7.05 Å². The normalized spacial score (nSPS) is 10.5. The van der Waals surface area contributed by atoms with E-state index in [0.29, 0.717) is 5.46 Å². The number of nitrogens with two attached hydrogens (primary N) is 1. The van der Waals surface area contributed by atoms with Gasteiger partial charge in [-0.25, -0.2) is 4.98 Å². The molecule has 3 N–H and O–H groups in total. The lowest BCUT2D eigenvalue weighted by Gasteiger charge is -2.14. The number of aromatic nitrogens is 1. The highest BCUT2D eigenvalue weighted by molar-refractivity contribution is 7.13. The molecule has 20 heavy (non-hydrogen) atoms. The van der Waals surface area contributed by atoms with Crippen molar-refractivity contribution in [3.8, 4) is 21.7 Å². The van der Waals surface area contributed by atoms with Crippen molar-refractivity contribution in [1.82, 2.24) is 4.98 Å². The lowest BCUT2D eigenvalue weighted by Crippen LogP contribution is -2.42. The molecule has 0 aliphatic heterocycles. The van der Waals surface area contributed by atoms with Gasteiger partial charge in [0.15, 0.2) is 0 Å². The van der Waals surface area contributed by atoms with Gasteiger partial charge < -0.3 is 10.7 Å². The molecule has 1 heterocycles. The molecule has 0 aliphatic rings. The van der Waals surface area contributed by atoms with Crippen molar-refractivity contribution in [2.45, 2.75) is 0 Å². The van der Waals surface area contributed by atoms with Crippen LogP contribution in [0.2, 0.25) is 0 Å². The number of hydrogen-bond donors (Lipinski definition) is 2. The third kappa shape index (κ3) is 2.39. The fraction of sp³-hybridized carbons (Fsp3) is 0. The first kappa shape index (κ1) is 13.1. The van der Waals surface area contributed by atoms with Gasteiger partial charge in [-0.05, 0) is 16.6 Å². The molecular formula is C15H13BN2OS. The Morgan fingerprint density at radius 3 is 2.40 bits per heavy atom. The van der Waals surface area contributed by atoms with Crippen molar-refractivity contribution in [1.29, 1.82) is 0 Å². The van der Waals surface area contributed by atoms with Gasteiger partial charge in [0.05, 0.1) is 0 Å². The molecule has 0 saturated carbocycles. The Labute approximate surface area is 121 Å². The van der Waals surface area contributed by atoms with Gasteiger partial charge in [-0.3, -0.25) is 0 Å². The number of nitrogens with zero attached hydrogens (tertiary/aromatic N) is 1. The molecule has 98 valence electrons. The number of hydrogen-bond acceptors (Lipinski definition) is 4. The molecule has 0 aliphatic carbocycles. The average molecular weight is 280 g/mol. The zero-order valence-electron chi connectivity index (χ0n) is 10.7. The Balaban J connectivity index is 2.24. The first-order chi connectivity index (χ1) is 9.77. The summed E-state index contributed by atoms with van der Waals surface area (Å²) in [6.07, 6.45) is 1.75. The molecule has 0 radical (unpaired) electrons. The van der Waals surface area contributed by atoms with Crippen LogP contribution in [0.1, 0.15) is 0 Å². The molecule has 0 fully saturated rings. The molecule has 0 atom stereocenters. The van der Waals surface area contributed by atoms with Crippen LogP contribution < -0.4 is 11.1 Å². The molecule has 0 spiro atoms. The fourth-order valence-corrected chi connectivity index (χ4v) is 2.97. The topological polar surface area (TPSA) is 59.1 Å². The van der Waals surface area contributed by atoms with E-state index in [2.05, 4.69) is 4.98 Å². The standard InChI is InChI=1S/C15H13BN2OS/c17-16(19)14-12(11-5-2-1-3-6-11)7-4-8-13(14)15-18-9-10-20-15/h1-10,19H,17H2. The van der Waals surface area contributed by atoms with Crippen molar-refractivity contribution in [3.05, 3.63) is 60.1 Å². The van der Waals surface area contributed by atoms with Crippen LogP contribution >= 0.6 is 11.3 Å². The molecule has 2 aromatic carbocycles. The minimum Gasteiger partial charge on any atom is -0.434 e. The van der Waals surface area contributed by atoms with E-state index < -0.39 is 7.05 Å². The van der Waals surface area contributed by atoms with Crippen LogP contribution in [0, 0.1) is 0 Å². The molecule has 0 bridgehead atoms. The Morgan fingerprint density at radius 1 is 1.00 bits per heavy atom. The summed E-state index contributed by atoms with van der Waals surface area (Å²) in [7, 11) is -1.04. The van der Waals surface area contributed by atoms with E-state index in [0.717, 1.165) is 21.7 Å². The van der Waals surface area contributed by atoms with Crippen LogP contribution in [0.25, 0.3) is 21.7 Å². The van der Waals surface area contributed by atoms with Crippen LogP contribution in [0.4, 0.5) is 0 Å². The van der Waals surface area contributed by atoms with Crippen LogP contribution in [0.5, 0.6) is 0 Å². The van der Waals surface area contributed by atoms with Crippen molar-refractivity contribution in [2.24, 2.45) is 5.64 Å². The van der Waals surface area contributed by atoms with Crippen molar-refractivity contribution in [2.75, 3.05) is 0 Å². The highest BCUT2D eigenvalue weighted by Gasteiger charge is 2.21. The molecule has 5 heteroatoms. The maximum Gasteiger partial charge on any atom is 0.411 e. The molecule has 3 aromatic rings. The van der Waals surface area contributed by atoms with Gasteiger partial charge in [0.2, 0.25) is 0 Å². The van der Waals surface area contributed by atoms with Crippen molar-refractivity contribution in [3.63, 3.8) is 0 Å². The third-order valence-electron chi connectivity index (χ3n) is 3.15. The second-order valence-electron chi connectivity index (χ2n) is 4.41. The van der Waals surface area contributed by atoms with Crippen LogP contribution in [0.15, 0.2) is 60.1 Å². The fourth-order valence-electron chi connectivity index (χ4n) is 2.30. The number of rotatable bonds is 3. The summed E-state index contributed by atoms with van der Waals surface area (Å²) in [4.78, 5) is 4.32. The summed E-state index contributed by atoms with van der Waals surface area (Å²) < 4.78 is 0. The highest BCUT2D eigenvalue weighted by atomic mass is 32.1. The van der Waals surface area contributed by atoms with Crippen molar-refractivity contribution >= 4 is 23.9 Å². The SMILES string of the molecule is NB(O)c1c(-c2ccccc2)cccc1-c1nccs1. The zero-order chi connectivity index (χ0) is 13.9. The molecule has 3 nitrogen and oxygen atoms in total. The van der Waals surface area contributed by atoms with E-state index in [1.165, 1.54) is 11.3 Å². The van der Waals surface area contributed by atoms with Crippen molar-refractivity contribution < 1.29 is 5.02 Å². The van der Waals surface area contributed by atoms with Gasteiger partial charge in [-0.1, -0.05) is 48.5 Å². The molecule has 3 rings (SSSR count). The minimum atomic E-state index is -1.04. The van der Waals surface area contributed by atoms with Crippen LogP contribution in [-0.2, 0) is 0 Å². The summed E-state index contributed by atoms with van der Waals surface area (Å²) >= 11 is 1.53. The Hall–Kier alpha value is -1.95. The van der Waals surface area contributed by atoms with Gasteiger partial charge in [0.1, 0.15) is 5.01 Å². The zero-order valence-corrected chi connectivity index (χ0v) is 11.5. The predicted molar refractivity (Wildman–Crippen MR) is 84.8 cm³/mol. The molecule has 1 aromatic heterocycles. The summed E-state index contributed by atoms with van der Waals surface area (Å²) in [5.41, 5.74) is 9.36. The minimum absolute atomic E-state index is 0.716. The van der Waals surface area contributed by atoms with E-state index >= 15 is 0 Å². The van der Waals surface area contributed by atoms with Gasteiger partial charge in [-0.2, -0.15) is 0 Å². The van der Waals surface area contributed by atoms with Gasteiger partial charge in [-0.15, -0.1) is 11.3 Å². The summed E-state index contributed by atoms with van der Waals surface area (Å²) in [6.45, 7) is 0. The quantitative estimate of drug-likeness (QED) is 0.722. The van der Waals surface area contributed by atoms with E-state index in [-0.39, 0.29) is 0 Å². The second kappa shape index (κ2) is 5.59. The molecular weight excluding hydrogens is 267 g/mol. The number of benzene rings is 2. The number of thiazole rings is 1. The largest absolute Gasteiger partial charge is 0.434 e. The van der Waals surface area contributed by atoms with Crippen LogP contribution in [0.3, 0.4) is 0 Å². The highest BCUT2D eigenvalue weighted by Crippen LogP contribution is 2.25. The Bertz CT molecular complexity index is 699. The Morgan fingerprint density at radius 2 is 1.75 bits per heavy atom. The van der Waals surface area contributed by atoms with Crippen LogP contribution in [-0.4, -0.2) is 17.1 Å². The maximum absolute atomic E-state index is 10.0. The summed E-state index contributed by atoms with van der Waals surface area (Å²) in [5.74, 6) is 0. The molecule has 0 amide bonds. The van der Waals surface area contributed by atoms with Gasteiger partial charge in [0, 0.05) is 17.1 Å². The molecule has 0 unspecified atom stereocenters. The lowest BCUT2D eigenvalue weighted by molar-refractivity contribution is 0.588. The maximum atomic E-state index is 10.0. The summed E-state index contributed by atoms with van der Waals surface area (Å²) in [6, 6.07) is 15.8. The van der Waals surface area contributed by atoms with E-state index in [4.69, 9.17) is 5.64 Å². The smallest absolute Gasteiger partial charge is 0.411 e. The van der Waals surface area contributed by atoms with E-state index in [1.54, 1.807) is 6.20 Å². The van der Waals surface area contributed by atoms with Gasteiger partial charge in [0.25, 0.3) is 0 Å². The average Bonchev–Trinajstić information content (AvgIpc) is 3.01. The molecule has 0 saturated heterocycles. The Kier molecular flexibility index (Phi) is 3.65. The van der Waals surface area contributed by atoms with E-state index in [1.807, 2.05) is 53.9 Å².